The summed E-state index contributed by atoms with van der Waals surface area (Å²) in [5, 5.41) is 9.47. The first-order chi connectivity index (χ1) is 9.13. The molecule has 1 aromatic heterocycles. The summed E-state index contributed by atoms with van der Waals surface area (Å²) in [6, 6.07) is 13.3. The van der Waals surface area contributed by atoms with E-state index < -0.39 is 0 Å². The largest absolute Gasteiger partial charge is 0.508 e. The molecule has 19 heavy (non-hydrogen) atoms. The summed E-state index contributed by atoms with van der Waals surface area (Å²) in [7, 11) is 4.02. The molecule has 3 rings (SSSR count). The fraction of sp³-hybridized carbons (Fsp3) is 0.133. The molecule has 0 amide bonds. The molecule has 4 nitrogen and oxygen atoms in total. The minimum Gasteiger partial charge on any atom is -0.508 e. The van der Waals surface area contributed by atoms with Crippen LogP contribution >= 0.6 is 0 Å². The van der Waals surface area contributed by atoms with Crippen molar-refractivity contribution in [3.05, 3.63) is 42.5 Å². The summed E-state index contributed by atoms with van der Waals surface area (Å²) in [6.45, 7) is 0. The van der Waals surface area contributed by atoms with E-state index in [0.717, 1.165) is 28.1 Å². The maximum absolute atomic E-state index is 9.47. The minimum atomic E-state index is 0.241. The maximum Gasteiger partial charge on any atom is 0.138 e. The Morgan fingerprint density at radius 3 is 2.74 bits per heavy atom. The lowest BCUT2D eigenvalue weighted by Crippen LogP contribution is -2.08. The topological polar surface area (TPSA) is 52.1 Å². The van der Waals surface area contributed by atoms with Gasteiger partial charge in [0.1, 0.15) is 11.6 Å². The molecular formula is C15H15N3O. The van der Waals surface area contributed by atoms with Gasteiger partial charge in [-0.25, -0.2) is 4.98 Å². The Morgan fingerprint density at radius 1 is 1.11 bits per heavy atom. The van der Waals surface area contributed by atoms with Crippen molar-refractivity contribution in [3.63, 3.8) is 0 Å². The van der Waals surface area contributed by atoms with Crippen LogP contribution in [0.15, 0.2) is 42.5 Å². The molecule has 0 radical (unpaired) electrons. The predicted octanol–water partition coefficient (Wildman–Crippen LogP) is 3.00. The van der Waals surface area contributed by atoms with E-state index in [1.54, 1.807) is 18.2 Å². The van der Waals surface area contributed by atoms with Crippen molar-refractivity contribution in [2.45, 2.75) is 0 Å². The first-order valence-corrected chi connectivity index (χ1v) is 6.10. The summed E-state index contributed by atoms with van der Waals surface area (Å²) in [5.74, 6) is 1.05. The number of nitrogens with one attached hydrogen (secondary N) is 1. The van der Waals surface area contributed by atoms with E-state index in [0.29, 0.717) is 0 Å². The molecule has 2 N–H and O–H groups in total. The molecule has 0 aliphatic carbocycles. The quantitative estimate of drug-likeness (QED) is 0.738. The molecule has 3 aromatic rings. The number of hydrogen-bond donors (Lipinski definition) is 2. The number of aromatic hydroxyl groups is 1. The molecule has 4 heteroatoms. The number of aromatic nitrogens is 2. The summed E-state index contributed by atoms with van der Waals surface area (Å²) in [4.78, 5) is 9.82. The van der Waals surface area contributed by atoms with Crippen LogP contribution in [0.25, 0.3) is 22.4 Å². The normalized spacial score (nSPS) is 10.8. The Bertz CT molecular complexity index is 731. The van der Waals surface area contributed by atoms with E-state index in [1.807, 2.05) is 26.2 Å². The van der Waals surface area contributed by atoms with E-state index in [4.69, 9.17) is 0 Å². The SMILES string of the molecule is CN(C)c1cccc(-c2nc3ccc(O)cc3[nH]2)c1. The van der Waals surface area contributed by atoms with Gasteiger partial charge in [-0.05, 0) is 24.3 Å². The van der Waals surface area contributed by atoms with Crippen LogP contribution in [0.3, 0.4) is 0 Å². The van der Waals surface area contributed by atoms with Crippen LogP contribution in [0, 0.1) is 0 Å². The van der Waals surface area contributed by atoms with Crippen LogP contribution in [-0.4, -0.2) is 29.2 Å². The van der Waals surface area contributed by atoms with Crippen LogP contribution in [0.5, 0.6) is 5.75 Å². The number of rotatable bonds is 2. The third kappa shape index (κ3) is 2.12. The lowest BCUT2D eigenvalue weighted by atomic mass is 10.2. The van der Waals surface area contributed by atoms with E-state index in [2.05, 4.69) is 27.0 Å². The zero-order chi connectivity index (χ0) is 13.4. The molecule has 2 aromatic carbocycles. The molecule has 0 aliphatic heterocycles. The van der Waals surface area contributed by atoms with Gasteiger partial charge in [0, 0.05) is 31.4 Å². The van der Waals surface area contributed by atoms with Crippen LogP contribution < -0.4 is 4.90 Å². The van der Waals surface area contributed by atoms with Crippen molar-refractivity contribution >= 4 is 16.7 Å². The van der Waals surface area contributed by atoms with Crippen LogP contribution in [0.1, 0.15) is 0 Å². The third-order valence-corrected chi connectivity index (χ3v) is 3.10. The lowest BCUT2D eigenvalue weighted by Gasteiger charge is -2.12. The zero-order valence-corrected chi connectivity index (χ0v) is 10.9. The average Bonchev–Trinajstić information content (AvgIpc) is 2.81. The monoisotopic (exact) mass is 253 g/mol. The highest BCUT2D eigenvalue weighted by Crippen LogP contribution is 2.25. The minimum absolute atomic E-state index is 0.241. The fourth-order valence-corrected chi connectivity index (χ4v) is 2.07. The summed E-state index contributed by atoms with van der Waals surface area (Å²) < 4.78 is 0. The van der Waals surface area contributed by atoms with Gasteiger partial charge in [0.15, 0.2) is 0 Å². The van der Waals surface area contributed by atoms with Crippen molar-refractivity contribution in [2.75, 3.05) is 19.0 Å². The average molecular weight is 253 g/mol. The number of imidazole rings is 1. The summed E-state index contributed by atoms with van der Waals surface area (Å²) in [5.41, 5.74) is 3.84. The van der Waals surface area contributed by atoms with Gasteiger partial charge in [0.25, 0.3) is 0 Å². The van der Waals surface area contributed by atoms with E-state index >= 15 is 0 Å². The fourth-order valence-electron chi connectivity index (χ4n) is 2.07. The summed E-state index contributed by atoms with van der Waals surface area (Å²) in [6.07, 6.45) is 0. The Kier molecular flexibility index (Phi) is 2.63. The van der Waals surface area contributed by atoms with Gasteiger partial charge in [0.2, 0.25) is 0 Å². The number of aromatic amines is 1. The molecule has 0 fully saturated rings. The lowest BCUT2D eigenvalue weighted by molar-refractivity contribution is 0.476. The van der Waals surface area contributed by atoms with Crippen molar-refractivity contribution in [1.29, 1.82) is 0 Å². The molecule has 96 valence electrons. The van der Waals surface area contributed by atoms with Gasteiger partial charge in [-0.15, -0.1) is 0 Å². The number of phenols is 1. The summed E-state index contributed by atoms with van der Waals surface area (Å²) >= 11 is 0. The molecule has 0 spiro atoms. The van der Waals surface area contributed by atoms with Crippen LogP contribution in [0.2, 0.25) is 0 Å². The van der Waals surface area contributed by atoms with Crippen molar-refractivity contribution in [1.82, 2.24) is 9.97 Å². The van der Waals surface area contributed by atoms with Gasteiger partial charge < -0.3 is 15.0 Å². The Labute approximate surface area is 111 Å². The highest BCUT2D eigenvalue weighted by atomic mass is 16.3. The standard InChI is InChI=1S/C15H15N3O/c1-18(2)11-5-3-4-10(8-11)15-16-13-7-6-12(19)9-14(13)17-15/h3-9,19H,1-2H3,(H,16,17). The van der Waals surface area contributed by atoms with Gasteiger partial charge in [-0.1, -0.05) is 12.1 Å². The van der Waals surface area contributed by atoms with Gasteiger partial charge in [-0.2, -0.15) is 0 Å². The molecule has 1 heterocycles. The van der Waals surface area contributed by atoms with Gasteiger partial charge in [0.05, 0.1) is 11.0 Å². The number of fused-ring (bicyclic) bond motifs is 1. The van der Waals surface area contributed by atoms with Crippen molar-refractivity contribution in [3.8, 4) is 17.1 Å². The second-order valence-electron chi connectivity index (χ2n) is 4.73. The van der Waals surface area contributed by atoms with Crippen molar-refractivity contribution < 1.29 is 5.11 Å². The molecular weight excluding hydrogens is 238 g/mol. The number of H-pyrrole nitrogens is 1. The molecule has 0 saturated heterocycles. The molecule has 0 unspecified atom stereocenters. The number of anilines is 1. The van der Waals surface area contributed by atoms with Gasteiger partial charge in [-0.3, -0.25) is 0 Å². The Hall–Kier alpha value is -2.49. The van der Waals surface area contributed by atoms with E-state index in [9.17, 15) is 5.11 Å². The van der Waals surface area contributed by atoms with Crippen LogP contribution in [-0.2, 0) is 0 Å². The molecule has 0 bridgehead atoms. The number of phenolic OH excluding ortho intramolecular Hbond substituents is 1. The molecule has 0 aliphatic rings. The third-order valence-electron chi connectivity index (χ3n) is 3.10. The predicted molar refractivity (Wildman–Crippen MR) is 77.5 cm³/mol. The zero-order valence-electron chi connectivity index (χ0n) is 10.9. The molecule has 0 atom stereocenters. The number of hydrogen-bond acceptors (Lipinski definition) is 3. The van der Waals surface area contributed by atoms with Crippen LogP contribution in [0.4, 0.5) is 5.69 Å². The second-order valence-corrected chi connectivity index (χ2v) is 4.73. The van der Waals surface area contributed by atoms with Crippen molar-refractivity contribution in [2.24, 2.45) is 0 Å². The second kappa shape index (κ2) is 4.31. The van der Waals surface area contributed by atoms with E-state index in [1.165, 1.54) is 0 Å². The van der Waals surface area contributed by atoms with E-state index in [-0.39, 0.29) is 5.75 Å². The maximum atomic E-state index is 9.47. The smallest absolute Gasteiger partial charge is 0.138 e. The highest BCUT2D eigenvalue weighted by Gasteiger charge is 2.07. The first kappa shape index (κ1) is 11.6. The highest BCUT2D eigenvalue weighted by molar-refractivity contribution is 5.81. The first-order valence-electron chi connectivity index (χ1n) is 6.10. The Morgan fingerprint density at radius 2 is 1.95 bits per heavy atom. The number of benzene rings is 2. The number of nitrogens with zero attached hydrogens (tertiary/aromatic N) is 2. The molecule has 0 saturated carbocycles. The van der Waals surface area contributed by atoms with Gasteiger partial charge >= 0.3 is 0 Å². The Balaban J connectivity index is 2.11.